The van der Waals surface area contributed by atoms with Gasteiger partial charge in [0.1, 0.15) is 6.61 Å². The summed E-state index contributed by atoms with van der Waals surface area (Å²) in [7, 11) is -1.73. The van der Waals surface area contributed by atoms with Crippen molar-refractivity contribution in [2.75, 3.05) is 33.0 Å². The van der Waals surface area contributed by atoms with Crippen molar-refractivity contribution in [3.05, 3.63) is 35.4 Å². The molecule has 1 aromatic carbocycles. The number of ether oxygens (including phenoxy) is 1. The minimum atomic E-state index is -4.37. The maximum absolute atomic E-state index is 12.5. The second-order valence-corrected chi connectivity index (χ2v) is 8.65. The topological polar surface area (TPSA) is 66.9 Å². The lowest BCUT2D eigenvalue weighted by Gasteiger charge is -2.35. The molecular formula is C17H23F3N2O4S. The predicted octanol–water partition coefficient (Wildman–Crippen LogP) is 2.26. The van der Waals surface area contributed by atoms with Crippen molar-refractivity contribution in [3.63, 3.8) is 0 Å². The zero-order valence-electron chi connectivity index (χ0n) is 15.2. The molecular weight excluding hydrogens is 385 g/mol. The molecule has 1 amide bonds. The number of alkyl halides is 3. The number of likely N-dealkylation sites (tertiary alicyclic amines) is 1. The lowest BCUT2D eigenvalue weighted by Crippen LogP contribution is -2.47. The molecule has 1 aromatic rings. The number of sulfonamides is 1. The molecule has 6 nitrogen and oxygen atoms in total. The third-order valence-corrected chi connectivity index (χ3v) is 5.87. The quantitative estimate of drug-likeness (QED) is 0.724. The van der Waals surface area contributed by atoms with E-state index in [0.29, 0.717) is 37.1 Å². The largest absolute Gasteiger partial charge is 0.411 e. The van der Waals surface area contributed by atoms with Crippen LogP contribution in [0.4, 0.5) is 13.2 Å². The van der Waals surface area contributed by atoms with E-state index >= 15 is 0 Å². The van der Waals surface area contributed by atoms with Gasteiger partial charge in [0.15, 0.2) is 0 Å². The van der Waals surface area contributed by atoms with Crippen molar-refractivity contribution in [2.24, 2.45) is 0 Å². The number of benzene rings is 1. The first kappa shape index (κ1) is 21.6. The Balaban J connectivity index is 1.88. The number of hydrogen-bond donors (Lipinski definition) is 0. The highest BCUT2D eigenvalue weighted by Gasteiger charge is 2.29. The molecule has 2 rings (SSSR count). The van der Waals surface area contributed by atoms with E-state index < -0.39 is 22.8 Å². The summed E-state index contributed by atoms with van der Waals surface area (Å²) in [4.78, 5) is 14.2. The Hall–Kier alpha value is -1.65. The zero-order valence-corrected chi connectivity index (χ0v) is 16.0. The molecule has 0 N–H and O–H groups in total. The standard InChI is InChI=1S/C17H23F3N2O4S/c1-21(27(2,24)25)15-7-9-22(10-8-15)16(23)14-5-3-13(4-6-14)11-26-12-17(18,19)20/h3-6,15H,7-12H2,1-2H3. The maximum Gasteiger partial charge on any atom is 0.411 e. The van der Waals surface area contributed by atoms with Gasteiger partial charge in [-0.05, 0) is 30.5 Å². The molecule has 1 saturated heterocycles. The second kappa shape index (κ2) is 8.57. The summed E-state index contributed by atoms with van der Waals surface area (Å²) < 4.78 is 65.3. The van der Waals surface area contributed by atoms with E-state index in [1.807, 2.05) is 0 Å². The van der Waals surface area contributed by atoms with Gasteiger partial charge in [0.2, 0.25) is 10.0 Å². The Labute approximate surface area is 156 Å². The number of amides is 1. The zero-order chi connectivity index (χ0) is 20.2. The first-order chi connectivity index (χ1) is 12.5. The van der Waals surface area contributed by atoms with Crippen LogP contribution in [0.25, 0.3) is 0 Å². The molecule has 1 heterocycles. The van der Waals surface area contributed by atoms with Crippen molar-refractivity contribution in [3.8, 4) is 0 Å². The van der Waals surface area contributed by atoms with E-state index in [4.69, 9.17) is 0 Å². The summed E-state index contributed by atoms with van der Waals surface area (Å²) in [5.74, 6) is -0.182. The Morgan fingerprint density at radius 3 is 2.26 bits per heavy atom. The highest BCUT2D eigenvalue weighted by atomic mass is 32.2. The number of piperidine rings is 1. The van der Waals surface area contributed by atoms with E-state index in [2.05, 4.69) is 4.74 Å². The van der Waals surface area contributed by atoms with Gasteiger partial charge < -0.3 is 9.64 Å². The summed E-state index contributed by atoms with van der Waals surface area (Å²) in [6, 6.07) is 6.12. The molecule has 1 aliphatic rings. The van der Waals surface area contributed by atoms with Crippen molar-refractivity contribution < 1.29 is 31.1 Å². The Morgan fingerprint density at radius 1 is 1.22 bits per heavy atom. The van der Waals surface area contributed by atoms with Gasteiger partial charge in [0, 0.05) is 31.7 Å². The van der Waals surface area contributed by atoms with Gasteiger partial charge in [-0.1, -0.05) is 12.1 Å². The maximum atomic E-state index is 12.5. The van der Waals surface area contributed by atoms with E-state index in [1.165, 1.54) is 11.4 Å². The Morgan fingerprint density at radius 2 is 1.78 bits per heavy atom. The van der Waals surface area contributed by atoms with Crippen LogP contribution >= 0.6 is 0 Å². The molecule has 0 saturated carbocycles. The molecule has 0 unspecified atom stereocenters. The fourth-order valence-electron chi connectivity index (χ4n) is 2.91. The predicted molar refractivity (Wildman–Crippen MR) is 93.7 cm³/mol. The summed E-state index contributed by atoms with van der Waals surface area (Å²) >= 11 is 0. The fourth-order valence-corrected chi connectivity index (χ4v) is 3.67. The molecule has 0 aromatic heterocycles. The van der Waals surface area contributed by atoms with Gasteiger partial charge in [-0.25, -0.2) is 12.7 Å². The second-order valence-electron chi connectivity index (χ2n) is 6.61. The fraction of sp³-hybridized carbons (Fsp3) is 0.588. The number of carbonyl (C=O) groups excluding carboxylic acids is 1. The molecule has 0 bridgehead atoms. The van der Waals surface area contributed by atoms with E-state index in [0.717, 1.165) is 6.26 Å². The Kier molecular flexibility index (Phi) is 6.87. The highest BCUT2D eigenvalue weighted by Crippen LogP contribution is 2.20. The summed E-state index contributed by atoms with van der Waals surface area (Å²) in [6.07, 6.45) is -2.10. The molecule has 27 heavy (non-hydrogen) atoms. The number of rotatable bonds is 6. The van der Waals surface area contributed by atoms with Crippen molar-refractivity contribution >= 4 is 15.9 Å². The van der Waals surface area contributed by atoms with E-state index in [1.54, 1.807) is 29.2 Å². The van der Waals surface area contributed by atoms with E-state index in [9.17, 15) is 26.4 Å². The lowest BCUT2D eigenvalue weighted by molar-refractivity contribution is -0.176. The van der Waals surface area contributed by atoms with Crippen molar-refractivity contribution in [1.29, 1.82) is 0 Å². The minimum Gasteiger partial charge on any atom is -0.367 e. The van der Waals surface area contributed by atoms with Crippen molar-refractivity contribution in [2.45, 2.75) is 31.7 Å². The monoisotopic (exact) mass is 408 g/mol. The SMILES string of the molecule is CN(C1CCN(C(=O)c2ccc(COCC(F)(F)F)cc2)CC1)S(C)(=O)=O. The van der Waals surface area contributed by atoms with Crippen LogP contribution < -0.4 is 0 Å². The first-order valence-electron chi connectivity index (χ1n) is 8.43. The van der Waals surface area contributed by atoms with Crippen LogP contribution in [0.3, 0.4) is 0 Å². The highest BCUT2D eigenvalue weighted by molar-refractivity contribution is 7.88. The van der Waals surface area contributed by atoms with Gasteiger partial charge in [-0.15, -0.1) is 0 Å². The van der Waals surface area contributed by atoms with Crippen LogP contribution in [-0.2, 0) is 21.4 Å². The van der Waals surface area contributed by atoms with Crippen molar-refractivity contribution in [1.82, 2.24) is 9.21 Å². The van der Waals surface area contributed by atoms with Crippen LogP contribution in [0.2, 0.25) is 0 Å². The average Bonchev–Trinajstić information content (AvgIpc) is 2.59. The number of nitrogens with zero attached hydrogens (tertiary/aromatic N) is 2. The average molecular weight is 408 g/mol. The molecule has 1 fully saturated rings. The third-order valence-electron chi connectivity index (χ3n) is 4.52. The molecule has 0 radical (unpaired) electrons. The summed E-state index contributed by atoms with van der Waals surface area (Å²) in [6.45, 7) is -0.610. The van der Waals surface area contributed by atoms with E-state index in [-0.39, 0.29) is 18.6 Å². The molecule has 0 spiro atoms. The molecule has 0 atom stereocenters. The Bertz CT molecular complexity index is 742. The van der Waals surface area contributed by atoms with Crippen LogP contribution in [-0.4, -0.2) is 68.7 Å². The molecule has 1 aliphatic heterocycles. The van der Waals surface area contributed by atoms with Gasteiger partial charge >= 0.3 is 6.18 Å². The minimum absolute atomic E-state index is 0.128. The van der Waals surface area contributed by atoms with Gasteiger partial charge in [0.05, 0.1) is 12.9 Å². The summed E-state index contributed by atoms with van der Waals surface area (Å²) in [5.41, 5.74) is 0.980. The van der Waals surface area contributed by atoms with Crippen LogP contribution in [0, 0.1) is 0 Å². The molecule has 152 valence electrons. The number of carbonyl (C=O) groups is 1. The van der Waals surface area contributed by atoms with Gasteiger partial charge in [-0.2, -0.15) is 13.2 Å². The smallest absolute Gasteiger partial charge is 0.367 e. The van der Waals surface area contributed by atoms with Gasteiger partial charge in [0.25, 0.3) is 5.91 Å². The van der Waals surface area contributed by atoms with Crippen LogP contribution in [0.15, 0.2) is 24.3 Å². The van der Waals surface area contributed by atoms with Gasteiger partial charge in [-0.3, -0.25) is 4.79 Å². The number of halogens is 3. The molecule has 0 aliphatic carbocycles. The first-order valence-corrected chi connectivity index (χ1v) is 10.3. The van der Waals surface area contributed by atoms with Crippen LogP contribution in [0.1, 0.15) is 28.8 Å². The normalized spacial score (nSPS) is 16.7. The third kappa shape index (κ3) is 6.47. The number of hydrogen-bond acceptors (Lipinski definition) is 4. The molecule has 10 heteroatoms. The summed E-state index contributed by atoms with van der Waals surface area (Å²) in [5, 5.41) is 0. The van der Waals surface area contributed by atoms with Crippen LogP contribution in [0.5, 0.6) is 0 Å². The lowest BCUT2D eigenvalue weighted by atomic mass is 10.0.